The molecule has 1 N–H and O–H groups in total. The van der Waals surface area contributed by atoms with Crippen LogP contribution < -0.4 is 5.32 Å². The minimum Gasteiger partial charge on any atom is -0.364 e. The minimum atomic E-state index is -0.221. The normalized spacial score (nSPS) is 19.9. The predicted octanol–water partition coefficient (Wildman–Crippen LogP) is 3.07. The number of hydrogen-bond donors (Lipinski definition) is 1. The van der Waals surface area contributed by atoms with Crippen molar-refractivity contribution in [3.8, 4) is 6.07 Å². The van der Waals surface area contributed by atoms with Crippen LogP contribution >= 0.6 is 0 Å². The van der Waals surface area contributed by atoms with E-state index in [9.17, 15) is 9.65 Å². The zero-order valence-electron chi connectivity index (χ0n) is 11.9. The van der Waals surface area contributed by atoms with Crippen LogP contribution in [0.2, 0.25) is 0 Å². The molecule has 0 amide bonds. The average Bonchev–Trinajstić information content (AvgIpc) is 3.23. The molecule has 106 valence electrons. The summed E-state index contributed by atoms with van der Waals surface area (Å²) in [5.74, 6) is 0.557. The van der Waals surface area contributed by atoms with Gasteiger partial charge in [-0.25, -0.2) is 4.39 Å². The third-order valence-electron chi connectivity index (χ3n) is 3.96. The van der Waals surface area contributed by atoms with E-state index in [-0.39, 0.29) is 17.8 Å². The Bertz CT molecular complexity index is 736. The molecular formula is C16H15FN4. The van der Waals surface area contributed by atoms with E-state index in [2.05, 4.69) is 21.6 Å². The summed E-state index contributed by atoms with van der Waals surface area (Å²) in [7, 11) is 0. The summed E-state index contributed by atoms with van der Waals surface area (Å²) in [5.41, 5.74) is 3.11. The van der Waals surface area contributed by atoms with E-state index in [1.807, 2.05) is 19.9 Å². The lowest BCUT2D eigenvalue weighted by Gasteiger charge is -2.09. The van der Waals surface area contributed by atoms with Crippen LogP contribution in [0.3, 0.4) is 0 Å². The Kier molecular flexibility index (Phi) is 3.30. The number of nitriles is 1. The molecule has 1 aromatic heterocycles. The third-order valence-corrected chi connectivity index (χ3v) is 3.96. The third kappa shape index (κ3) is 2.57. The lowest BCUT2D eigenvalue weighted by molar-refractivity contribution is 0.625. The second-order valence-corrected chi connectivity index (χ2v) is 5.39. The van der Waals surface area contributed by atoms with Gasteiger partial charge in [-0.2, -0.15) is 10.4 Å². The summed E-state index contributed by atoms with van der Waals surface area (Å²) in [6, 6.07) is 9.00. The summed E-state index contributed by atoms with van der Waals surface area (Å²) in [4.78, 5) is 0. The molecule has 4 nitrogen and oxygen atoms in total. The van der Waals surface area contributed by atoms with E-state index in [4.69, 9.17) is 0 Å². The molecule has 1 fully saturated rings. The summed E-state index contributed by atoms with van der Waals surface area (Å²) in [6.45, 7) is 3.70. The van der Waals surface area contributed by atoms with Crippen molar-refractivity contribution in [1.82, 2.24) is 10.2 Å². The molecule has 1 aromatic carbocycles. The SMILES string of the molecule is Cc1nnc(N[C@@H]2C[C@H]2c2cccc(F)c2)c(C#N)c1C. The van der Waals surface area contributed by atoms with Gasteiger partial charge in [0.1, 0.15) is 17.4 Å². The summed E-state index contributed by atoms with van der Waals surface area (Å²) in [5, 5.41) is 20.7. The number of hydrogen-bond acceptors (Lipinski definition) is 4. The van der Waals surface area contributed by atoms with E-state index in [0.29, 0.717) is 11.4 Å². The highest BCUT2D eigenvalue weighted by Gasteiger charge is 2.39. The fourth-order valence-electron chi connectivity index (χ4n) is 2.48. The Morgan fingerprint density at radius 1 is 1.33 bits per heavy atom. The van der Waals surface area contributed by atoms with Crippen LogP contribution in [-0.2, 0) is 0 Å². The van der Waals surface area contributed by atoms with Crippen molar-refractivity contribution in [2.24, 2.45) is 0 Å². The Morgan fingerprint density at radius 3 is 2.86 bits per heavy atom. The largest absolute Gasteiger partial charge is 0.364 e. The zero-order chi connectivity index (χ0) is 15.0. The number of nitrogens with one attached hydrogen (secondary N) is 1. The molecule has 1 heterocycles. The van der Waals surface area contributed by atoms with Gasteiger partial charge in [0, 0.05) is 12.0 Å². The van der Waals surface area contributed by atoms with Gasteiger partial charge in [0.05, 0.1) is 5.69 Å². The van der Waals surface area contributed by atoms with Crippen LogP contribution in [0, 0.1) is 31.0 Å². The molecule has 0 unspecified atom stereocenters. The number of benzene rings is 1. The molecule has 2 atom stereocenters. The highest BCUT2D eigenvalue weighted by atomic mass is 19.1. The molecule has 1 aliphatic rings. The standard InChI is InChI=1S/C16H15FN4/c1-9-10(2)20-21-16(14(9)8-18)19-15-7-13(15)11-4-3-5-12(17)6-11/h3-6,13,15H,7H2,1-2H3,(H,19,21)/t13-,15+/m0/s1. The molecule has 0 bridgehead atoms. The number of anilines is 1. The second kappa shape index (κ2) is 5.13. The van der Waals surface area contributed by atoms with Gasteiger partial charge in [0.15, 0.2) is 5.82 Å². The summed E-state index contributed by atoms with van der Waals surface area (Å²) >= 11 is 0. The Morgan fingerprint density at radius 2 is 2.14 bits per heavy atom. The maximum atomic E-state index is 13.2. The van der Waals surface area contributed by atoms with Gasteiger partial charge in [-0.15, -0.1) is 5.10 Å². The van der Waals surface area contributed by atoms with Gasteiger partial charge in [-0.3, -0.25) is 0 Å². The fourth-order valence-corrected chi connectivity index (χ4v) is 2.48. The minimum absolute atomic E-state index is 0.176. The fraction of sp³-hybridized carbons (Fsp3) is 0.312. The van der Waals surface area contributed by atoms with Crippen LogP contribution in [0.25, 0.3) is 0 Å². The smallest absolute Gasteiger partial charge is 0.167 e. The monoisotopic (exact) mass is 282 g/mol. The first-order valence-corrected chi connectivity index (χ1v) is 6.86. The molecule has 5 heteroatoms. The van der Waals surface area contributed by atoms with E-state index >= 15 is 0 Å². The van der Waals surface area contributed by atoms with Crippen LogP contribution in [0.5, 0.6) is 0 Å². The molecular weight excluding hydrogens is 267 g/mol. The van der Waals surface area contributed by atoms with Gasteiger partial charge in [0.2, 0.25) is 0 Å². The van der Waals surface area contributed by atoms with Crippen molar-refractivity contribution in [2.45, 2.75) is 32.2 Å². The maximum absolute atomic E-state index is 13.2. The lowest BCUT2D eigenvalue weighted by Crippen LogP contribution is -2.10. The Balaban J connectivity index is 1.78. The highest BCUT2D eigenvalue weighted by molar-refractivity contribution is 5.57. The van der Waals surface area contributed by atoms with Gasteiger partial charge in [0.25, 0.3) is 0 Å². The number of rotatable bonds is 3. The summed E-state index contributed by atoms with van der Waals surface area (Å²) in [6.07, 6.45) is 0.906. The molecule has 21 heavy (non-hydrogen) atoms. The van der Waals surface area contributed by atoms with Crippen LogP contribution in [0.1, 0.15) is 34.7 Å². The van der Waals surface area contributed by atoms with E-state index in [0.717, 1.165) is 23.2 Å². The van der Waals surface area contributed by atoms with E-state index in [1.165, 1.54) is 6.07 Å². The topological polar surface area (TPSA) is 61.6 Å². The maximum Gasteiger partial charge on any atom is 0.167 e. The van der Waals surface area contributed by atoms with Crippen molar-refractivity contribution in [1.29, 1.82) is 5.26 Å². The first kappa shape index (κ1) is 13.5. The van der Waals surface area contributed by atoms with Gasteiger partial charge < -0.3 is 5.32 Å². The van der Waals surface area contributed by atoms with Crippen LogP contribution in [0.15, 0.2) is 24.3 Å². The first-order valence-electron chi connectivity index (χ1n) is 6.86. The predicted molar refractivity (Wildman–Crippen MR) is 77.4 cm³/mol. The first-order chi connectivity index (χ1) is 10.1. The number of aromatic nitrogens is 2. The Hall–Kier alpha value is -2.48. The van der Waals surface area contributed by atoms with Crippen LogP contribution in [0.4, 0.5) is 10.2 Å². The number of nitrogens with zero attached hydrogens (tertiary/aromatic N) is 3. The van der Waals surface area contributed by atoms with E-state index in [1.54, 1.807) is 12.1 Å². The van der Waals surface area contributed by atoms with Gasteiger partial charge in [-0.1, -0.05) is 12.1 Å². The van der Waals surface area contributed by atoms with Gasteiger partial charge in [-0.05, 0) is 43.5 Å². The van der Waals surface area contributed by atoms with Crippen molar-refractivity contribution in [3.63, 3.8) is 0 Å². The zero-order valence-corrected chi connectivity index (χ0v) is 11.9. The molecule has 0 radical (unpaired) electrons. The van der Waals surface area contributed by atoms with Gasteiger partial charge >= 0.3 is 0 Å². The van der Waals surface area contributed by atoms with Crippen molar-refractivity contribution < 1.29 is 4.39 Å². The quantitative estimate of drug-likeness (QED) is 0.939. The Labute approximate surface area is 122 Å². The summed E-state index contributed by atoms with van der Waals surface area (Å²) < 4.78 is 13.2. The highest BCUT2D eigenvalue weighted by Crippen LogP contribution is 2.43. The van der Waals surface area contributed by atoms with Crippen LogP contribution in [-0.4, -0.2) is 16.2 Å². The molecule has 2 aromatic rings. The molecule has 0 spiro atoms. The van der Waals surface area contributed by atoms with Crippen molar-refractivity contribution >= 4 is 5.82 Å². The lowest BCUT2D eigenvalue weighted by atomic mass is 10.1. The number of halogens is 1. The van der Waals surface area contributed by atoms with E-state index < -0.39 is 0 Å². The molecule has 3 rings (SSSR count). The van der Waals surface area contributed by atoms with Crippen molar-refractivity contribution in [3.05, 3.63) is 52.5 Å². The molecule has 1 aliphatic carbocycles. The number of aryl methyl sites for hydroxylation is 1. The molecule has 0 saturated heterocycles. The van der Waals surface area contributed by atoms with Crippen molar-refractivity contribution in [2.75, 3.05) is 5.32 Å². The molecule has 0 aliphatic heterocycles. The molecule has 1 saturated carbocycles. The average molecular weight is 282 g/mol. The second-order valence-electron chi connectivity index (χ2n) is 5.39.